The number of hydrogen-bond donors (Lipinski definition) is 2. The molecule has 18 heavy (non-hydrogen) atoms. The molecule has 0 aliphatic rings. The van der Waals surface area contributed by atoms with E-state index in [0.717, 1.165) is 18.4 Å². The quantitative estimate of drug-likeness (QED) is 0.834. The molecular weight excluding hydrogens is 248 g/mol. The van der Waals surface area contributed by atoms with Gasteiger partial charge < -0.3 is 11.1 Å². The Morgan fingerprint density at radius 1 is 1.39 bits per heavy atom. The molecule has 4 heteroatoms. The molecule has 0 saturated heterocycles. The third-order valence-electron chi connectivity index (χ3n) is 3.12. The number of rotatable bonds is 6. The van der Waals surface area contributed by atoms with Gasteiger partial charge in [0.25, 0.3) is 0 Å². The predicted molar refractivity (Wildman–Crippen MR) is 75.5 cm³/mol. The number of nitrogens with two attached hydrogens (primary N) is 1. The highest BCUT2D eigenvalue weighted by Crippen LogP contribution is 2.20. The minimum atomic E-state index is -0.113. The van der Waals surface area contributed by atoms with E-state index in [4.69, 9.17) is 17.3 Å². The zero-order valence-corrected chi connectivity index (χ0v) is 11.7. The van der Waals surface area contributed by atoms with Crippen molar-refractivity contribution in [2.75, 3.05) is 6.54 Å². The first-order valence-corrected chi connectivity index (χ1v) is 6.76. The third kappa shape index (κ3) is 4.00. The van der Waals surface area contributed by atoms with E-state index in [1.165, 1.54) is 0 Å². The van der Waals surface area contributed by atoms with Crippen LogP contribution in [0.25, 0.3) is 0 Å². The molecule has 0 aliphatic carbocycles. The summed E-state index contributed by atoms with van der Waals surface area (Å²) >= 11 is 5.97. The summed E-state index contributed by atoms with van der Waals surface area (Å²) in [6, 6.07) is 7.58. The monoisotopic (exact) mass is 268 g/mol. The number of nitrogens with one attached hydrogen (secondary N) is 1. The van der Waals surface area contributed by atoms with Crippen LogP contribution in [-0.2, 0) is 4.79 Å². The van der Waals surface area contributed by atoms with Gasteiger partial charge in [0, 0.05) is 17.5 Å². The van der Waals surface area contributed by atoms with Gasteiger partial charge in [0.2, 0.25) is 5.91 Å². The van der Waals surface area contributed by atoms with E-state index in [1.54, 1.807) is 0 Å². The summed E-state index contributed by atoms with van der Waals surface area (Å²) in [5.41, 5.74) is 6.61. The van der Waals surface area contributed by atoms with Gasteiger partial charge in [-0.3, -0.25) is 4.79 Å². The van der Waals surface area contributed by atoms with Gasteiger partial charge in [-0.2, -0.15) is 0 Å². The molecule has 3 nitrogen and oxygen atoms in total. The van der Waals surface area contributed by atoms with Crippen LogP contribution in [0.3, 0.4) is 0 Å². The Balaban J connectivity index is 2.76. The maximum Gasteiger partial charge on any atom is 0.224 e. The van der Waals surface area contributed by atoms with Crippen LogP contribution in [0.15, 0.2) is 24.3 Å². The topological polar surface area (TPSA) is 55.1 Å². The van der Waals surface area contributed by atoms with Crippen molar-refractivity contribution in [1.82, 2.24) is 5.32 Å². The second-order valence-corrected chi connectivity index (χ2v) is 4.80. The fraction of sp³-hybridized carbons (Fsp3) is 0.500. The van der Waals surface area contributed by atoms with E-state index in [9.17, 15) is 4.79 Å². The summed E-state index contributed by atoms with van der Waals surface area (Å²) in [6.07, 6.45) is 1.58. The minimum absolute atomic E-state index is 0.00296. The number of halogens is 1. The molecule has 1 aromatic carbocycles. The Morgan fingerprint density at radius 3 is 2.61 bits per heavy atom. The zero-order chi connectivity index (χ0) is 13.5. The summed E-state index contributed by atoms with van der Waals surface area (Å²) in [7, 11) is 0. The number of benzene rings is 1. The van der Waals surface area contributed by atoms with Gasteiger partial charge in [-0.15, -0.1) is 0 Å². The summed E-state index contributed by atoms with van der Waals surface area (Å²) in [5.74, 6) is -0.0925. The average Bonchev–Trinajstić information content (AvgIpc) is 2.37. The van der Waals surface area contributed by atoms with E-state index >= 15 is 0 Å². The maximum atomic E-state index is 12.0. The van der Waals surface area contributed by atoms with Crippen molar-refractivity contribution in [3.8, 4) is 0 Å². The second kappa shape index (κ2) is 7.39. The van der Waals surface area contributed by atoms with E-state index in [1.807, 2.05) is 38.1 Å². The van der Waals surface area contributed by atoms with Crippen molar-refractivity contribution >= 4 is 17.5 Å². The molecule has 100 valence electrons. The van der Waals surface area contributed by atoms with Crippen LogP contribution >= 0.6 is 11.6 Å². The highest BCUT2D eigenvalue weighted by atomic mass is 35.5. The third-order valence-corrected chi connectivity index (χ3v) is 3.36. The predicted octanol–water partition coefficient (Wildman–Crippen LogP) is 2.89. The molecule has 0 heterocycles. The van der Waals surface area contributed by atoms with Crippen molar-refractivity contribution in [3.05, 3.63) is 34.9 Å². The molecule has 2 unspecified atom stereocenters. The molecule has 0 fully saturated rings. The standard InChI is InChI=1S/C14H21ClN2O/c1-3-10(9-16)14(18)17-13(4-2)11-6-5-7-12(15)8-11/h5-8,10,13H,3-4,9,16H2,1-2H3,(H,17,18). The Labute approximate surface area is 114 Å². The SMILES string of the molecule is CCC(CN)C(=O)NC(CC)c1cccc(Cl)c1. The second-order valence-electron chi connectivity index (χ2n) is 4.37. The maximum absolute atomic E-state index is 12.0. The molecule has 0 spiro atoms. The van der Waals surface area contributed by atoms with Crippen LogP contribution in [0.2, 0.25) is 5.02 Å². The fourth-order valence-electron chi connectivity index (χ4n) is 1.89. The molecule has 1 aromatic rings. The lowest BCUT2D eigenvalue weighted by Crippen LogP contribution is -2.36. The number of amides is 1. The van der Waals surface area contributed by atoms with Crippen LogP contribution < -0.4 is 11.1 Å². The molecule has 1 rings (SSSR count). The Kier molecular flexibility index (Phi) is 6.16. The molecule has 0 bridgehead atoms. The van der Waals surface area contributed by atoms with E-state index < -0.39 is 0 Å². The van der Waals surface area contributed by atoms with Gasteiger partial charge in [0.05, 0.1) is 6.04 Å². The molecule has 0 radical (unpaired) electrons. The normalized spacial score (nSPS) is 14.0. The number of carbonyl (C=O) groups is 1. The van der Waals surface area contributed by atoms with E-state index in [0.29, 0.717) is 11.6 Å². The van der Waals surface area contributed by atoms with Crippen molar-refractivity contribution in [3.63, 3.8) is 0 Å². The van der Waals surface area contributed by atoms with Gasteiger partial charge in [0.15, 0.2) is 0 Å². The highest BCUT2D eigenvalue weighted by Gasteiger charge is 2.18. The summed E-state index contributed by atoms with van der Waals surface area (Å²) in [6.45, 7) is 4.39. The van der Waals surface area contributed by atoms with E-state index in [2.05, 4.69) is 5.32 Å². The summed E-state index contributed by atoms with van der Waals surface area (Å²) < 4.78 is 0. The smallest absolute Gasteiger partial charge is 0.224 e. The molecule has 0 aliphatic heterocycles. The fourth-order valence-corrected chi connectivity index (χ4v) is 2.09. The van der Waals surface area contributed by atoms with Crippen LogP contribution in [0.5, 0.6) is 0 Å². The summed E-state index contributed by atoms with van der Waals surface area (Å²) in [5, 5.41) is 3.72. The first-order valence-electron chi connectivity index (χ1n) is 6.38. The van der Waals surface area contributed by atoms with Crippen molar-refractivity contribution < 1.29 is 4.79 Å². The molecule has 3 N–H and O–H groups in total. The molecule has 2 atom stereocenters. The first kappa shape index (κ1) is 15.0. The molecular formula is C14H21ClN2O. The van der Waals surface area contributed by atoms with Crippen molar-refractivity contribution in [2.45, 2.75) is 32.7 Å². The Bertz CT molecular complexity index is 391. The molecule has 0 aromatic heterocycles. The van der Waals surface area contributed by atoms with Gasteiger partial charge in [-0.05, 0) is 30.5 Å². The van der Waals surface area contributed by atoms with Crippen molar-refractivity contribution in [2.24, 2.45) is 11.7 Å². The molecule has 0 saturated carbocycles. The van der Waals surface area contributed by atoms with Crippen LogP contribution in [0.4, 0.5) is 0 Å². The lowest BCUT2D eigenvalue weighted by molar-refractivity contribution is -0.125. The van der Waals surface area contributed by atoms with Gasteiger partial charge >= 0.3 is 0 Å². The number of hydrogen-bond acceptors (Lipinski definition) is 2. The van der Waals surface area contributed by atoms with Gasteiger partial charge in [0.1, 0.15) is 0 Å². The van der Waals surface area contributed by atoms with Gasteiger partial charge in [-0.1, -0.05) is 37.6 Å². The lowest BCUT2D eigenvalue weighted by atomic mass is 10.0. The van der Waals surface area contributed by atoms with Crippen LogP contribution in [-0.4, -0.2) is 12.5 Å². The lowest BCUT2D eigenvalue weighted by Gasteiger charge is -2.21. The highest BCUT2D eigenvalue weighted by molar-refractivity contribution is 6.30. The first-order chi connectivity index (χ1) is 8.62. The minimum Gasteiger partial charge on any atom is -0.349 e. The summed E-state index contributed by atoms with van der Waals surface area (Å²) in [4.78, 5) is 12.0. The van der Waals surface area contributed by atoms with Crippen LogP contribution in [0.1, 0.15) is 38.3 Å². The molecule has 1 amide bonds. The van der Waals surface area contributed by atoms with Crippen molar-refractivity contribution in [1.29, 1.82) is 0 Å². The average molecular weight is 269 g/mol. The Morgan fingerprint density at radius 2 is 2.11 bits per heavy atom. The van der Waals surface area contributed by atoms with E-state index in [-0.39, 0.29) is 17.9 Å². The number of carbonyl (C=O) groups excluding carboxylic acids is 1. The zero-order valence-electron chi connectivity index (χ0n) is 10.9. The van der Waals surface area contributed by atoms with Crippen LogP contribution in [0, 0.1) is 5.92 Å². The Hall–Kier alpha value is -1.06. The van der Waals surface area contributed by atoms with Gasteiger partial charge in [-0.25, -0.2) is 0 Å². The largest absolute Gasteiger partial charge is 0.349 e.